The molecule has 0 atom stereocenters. The highest BCUT2D eigenvalue weighted by Gasteiger charge is 2.17. The van der Waals surface area contributed by atoms with E-state index in [1.54, 1.807) is 0 Å². The Balaban J connectivity index is 1.84. The number of hydrogen-bond acceptors (Lipinski definition) is 2. The van der Waals surface area contributed by atoms with Gasteiger partial charge in [0.1, 0.15) is 5.75 Å². The lowest BCUT2D eigenvalue weighted by Crippen LogP contribution is -2.03. The molecule has 0 saturated carbocycles. The predicted octanol–water partition coefficient (Wildman–Crippen LogP) is 4.61. The Morgan fingerprint density at radius 3 is 2.95 bits per heavy atom. The van der Waals surface area contributed by atoms with E-state index in [0.29, 0.717) is 0 Å². The molecule has 0 fully saturated rings. The minimum absolute atomic E-state index is 0.784. The van der Waals surface area contributed by atoms with E-state index in [-0.39, 0.29) is 0 Å². The highest BCUT2D eigenvalue weighted by atomic mass is 79.9. The summed E-state index contributed by atoms with van der Waals surface area (Å²) in [6, 6.07) is 10.7. The van der Waals surface area contributed by atoms with Gasteiger partial charge in [-0.3, -0.25) is 0 Å². The summed E-state index contributed by atoms with van der Waals surface area (Å²) >= 11 is 3.58. The van der Waals surface area contributed by atoms with E-state index < -0.39 is 0 Å². The molecule has 0 unspecified atom stereocenters. The molecule has 2 nitrogen and oxygen atoms in total. The number of anilines is 1. The molecule has 1 aliphatic rings. The second kappa shape index (κ2) is 5.49. The van der Waals surface area contributed by atoms with Crippen LogP contribution < -0.4 is 10.1 Å². The number of fused-ring (bicyclic) bond motifs is 1. The third-order valence-corrected chi connectivity index (χ3v) is 4.36. The standard InChI is InChI=1S/C17H18BrNO/c1-11-4-3-5-16(12(11)2)19-10-14-9-15(18)8-13-6-7-20-17(13)14/h3-5,8-9,19H,6-7,10H2,1-2H3. The first-order valence-corrected chi connectivity index (χ1v) is 7.68. The molecular formula is C17H18BrNO. The first-order chi connectivity index (χ1) is 9.65. The summed E-state index contributed by atoms with van der Waals surface area (Å²) in [6.07, 6.45) is 1.01. The second-order valence-electron chi connectivity index (χ2n) is 5.25. The highest BCUT2D eigenvalue weighted by molar-refractivity contribution is 9.10. The van der Waals surface area contributed by atoms with E-state index in [2.05, 4.69) is 65.4 Å². The molecule has 3 rings (SSSR count). The zero-order chi connectivity index (χ0) is 14.1. The molecule has 0 spiro atoms. The molecule has 0 saturated heterocycles. The fourth-order valence-corrected chi connectivity index (χ4v) is 3.16. The third-order valence-electron chi connectivity index (χ3n) is 3.90. The van der Waals surface area contributed by atoms with Crippen molar-refractivity contribution in [3.05, 3.63) is 57.1 Å². The summed E-state index contributed by atoms with van der Waals surface area (Å²) in [4.78, 5) is 0. The Morgan fingerprint density at radius 2 is 2.10 bits per heavy atom. The van der Waals surface area contributed by atoms with Crippen LogP contribution in [0.3, 0.4) is 0 Å². The van der Waals surface area contributed by atoms with E-state index >= 15 is 0 Å². The maximum Gasteiger partial charge on any atom is 0.127 e. The summed E-state index contributed by atoms with van der Waals surface area (Å²) in [5, 5.41) is 3.53. The van der Waals surface area contributed by atoms with Gasteiger partial charge in [-0.05, 0) is 48.7 Å². The molecule has 104 valence electrons. The van der Waals surface area contributed by atoms with Crippen LogP contribution in [-0.4, -0.2) is 6.61 Å². The van der Waals surface area contributed by atoms with Crippen LogP contribution in [0.4, 0.5) is 5.69 Å². The van der Waals surface area contributed by atoms with Gasteiger partial charge < -0.3 is 10.1 Å². The highest BCUT2D eigenvalue weighted by Crippen LogP contribution is 2.33. The van der Waals surface area contributed by atoms with Gasteiger partial charge in [0.2, 0.25) is 0 Å². The maximum absolute atomic E-state index is 5.77. The summed E-state index contributed by atoms with van der Waals surface area (Å²) in [5.41, 5.74) is 6.33. The molecule has 0 bridgehead atoms. The van der Waals surface area contributed by atoms with Crippen molar-refractivity contribution < 1.29 is 4.74 Å². The smallest absolute Gasteiger partial charge is 0.127 e. The van der Waals surface area contributed by atoms with Crippen LogP contribution in [0.2, 0.25) is 0 Å². The number of hydrogen-bond donors (Lipinski definition) is 1. The second-order valence-corrected chi connectivity index (χ2v) is 6.17. The van der Waals surface area contributed by atoms with Crippen LogP contribution in [0, 0.1) is 13.8 Å². The normalized spacial score (nSPS) is 12.9. The fourth-order valence-electron chi connectivity index (χ4n) is 2.61. The molecule has 2 aromatic rings. The number of halogens is 1. The van der Waals surface area contributed by atoms with Gasteiger partial charge in [-0.25, -0.2) is 0 Å². The van der Waals surface area contributed by atoms with Crippen LogP contribution in [-0.2, 0) is 13.0 Å². The lowest BCUT2D eigenvalue weighted by atomic mass is 10.1. The Morgan fingerprint density at radius 1 is 1.25 bits per heavy atom. The van der Waals surface area contributed by atoms with E-state index in [1.807, 2.05) is 0 Å². The quantitative estimate of drug-likeness (QED) is 0.886. The largest absolute Gasteiger partial charge is 0.493 e. The zero-order valence-corrected chi connectivity index (χ0v) is 13.4. The van der Waals surface area contributed by atoms with Gasteiger partial charge >= 0.3 is 0 Å². The maximum atomic E-state index is 5.77. The summed E-state index contributed by atoms with van der Waals surface area (Å²) in [7, 11) is 0. The Hall–Kier alpha value is -1.48. The summed E-state index contributed by atoms with van der Waals surface area (Å²) in [5.74, 6) is 1.06. The SMILES string of the molecule is Cc1cccc(NCc2cc(Br)cc3c2OCC3)c1C. The van der Waals surface area contributed by atoms with Gasteiger partial charge in [0.25, 0.3) is 0 Å². The molecule has 1 aliphatic heterocycles. The van der Waals surface area contributed by atoms with Crippen LogP contribution in [0.5, 0.6) is 5.75 Å². The van der Waals surface area contributed by atoms with E-state index in [1.165, 1.54) is 27.9 Å². The summed E-state index contributed by atoms with van der Waals surface area (Å²) < 4.78 is 6.89. The number of rotatable bonds is 3. The molecule has 0 aromatic heterocycles. The average Bonchev–Trinajstić information content (AvgIpc) is 2.88. The van der Waals surface area contributed by atoms with Gasteiger partial charge in [0.05, 0.1) is 6.61 Å². The minimum atomic E-state index is 0.784. The fraction of sp³-hybridized carbons (Fsp3) is 0.294. The third kappa shape index (κ3) is 2.55. The van der Waals surface area contributed by atoms with Gasteiger partial charge in [0, 0.05) is 28.7 Å². The number of ether oxygens (including phenoxy) is 1. The van der Waals surface area contributed by atoms with Crippen molar-refractivity contribution in [3.63, 3.8) is 0 Å². The van der Waals surface area contributed by atoms with Gasteiger partial charge in [-0.1, -0.05) is 28.1 Å². The van der Waals surface area contributed by atoms with Gasteiger partial charge in [-0.15, -0.1) is 0 Å². The molecule has 2 aromatic carbocycles. The Labute approximate surface area is 128 Å². The van der Waals surface area contributed by atoms with Crippen molar-refractivity contribution in [2.45, 2.75) is 26.8 Å². The van der Waals surface area contributed by atoms with Crippen molar-refractivity contribution in [3.8, 4) is 5.75 Å². The van der Waals surface area contributed by atoms with Crippen LogP contribution in [0.25, 0.3) is 0 Å². The van der Waals surface area contributed by atoms with Crippen LogP contribution >= 0.6 is 15.9 Å². The predicted molar refractivity (Wildman–Crippen MR) is 86.6 cm³/mol. The lowest BCUT2D eigenvalue weighted by Gasteiger charge is -2.14. The molecule has 1 N–H and O–H groups in total. The van der Waals surface area contributed by atoms with Gasteiger partial charge in [0.15, 0.2) is 0 Å². The number of aryl methyl sites for hydroxylation is 1. The lowest BCUT2D eigenvalue weighted by molar-refractivity contribution is 0.354. The van der Waals surface area contributed by atoms with Crippen molar-refractivity contribution in [1.29, 1.82) is 0 Å². The monoisotopic (exact) mass is 331 g/mol. The molecular weight excluding hydrogens is 314 g/mol. The Kier molecular flexibility index (Phi) is 3.70. The summed E-state index contributed by atoms with van der Waals surface area (Å²) in [6.45, 7) is 5.87. The topological polar surface area (TPSA) is 21.3 Å². The molecule has 0 radical (unpaired) electrons. The van der Waals surface area contributed by atoms with Crippen molar-refractivity contribution in [2.24, 2.45) is 0 Å². The van der Waals surface area contributed by atoms with Crippen molar-refractivity contribution >= 4 is 21.6 Å². The van der Waals surface area contributed by atoms with Gasteiger partial charge in [-0.2, -0.15) is 0 Å². The van der Waals surface area contributed by atoms with E-state index in [4.69, 9.17) is 4.74 Å². The van der Waals surface area contributed by atoms with E-state index in [9.17, 15) is 0 Å². The molecule has 1 heterocycles. The molecule has 0 aliphatic carbocycles. The van der Waals surface area contributed by atoms with Crippen LogP contribution in [0.1, 0.15) is 22.3 Å². The van der Waals surface area contributed by atoms with Crippen LogP contribution in [0.15, 0.2) is 34.8 Å². The van der Waals surface area contributed by atoms with E-state index in [0.717, 1.165) is 29.8 Å². The van der Waals surface area contributed by atoms with Crippen molar-refractivity contribution in [2.75, 3.05) is 11.9 Å². The Bertz CT molecular complexity index is 652. The number of benzene rings is 2. The minimum Gasteiger partial charge on any atom is -0.493 e. The average molecular weight is 332 g/mol. The molecule has 20 heavy (non-hydrogen) atoms. The first kappa shape index (κ1) is 13.5. The molecule has 0 amide bonds. The molecule has 3 heteroatoms. The zero-order valence-electron chi connectivity index (χ0n) is 11.8. The van der Waals surface area contributed by atoms with Crippen molar-refractivity contribution in [1.82, 2.24) is 0 Å². The first-order valence-electron chi connectivity index (χ1n) is 6.89. The number of nitrogens with one attached hydrogen (secondary N) is 1.